The Balaban J connectivity index is 1.81. The Morgan fingerprint density at radius 1 is 1.10 bits per heavy atom. The average molecular weight is 275 g/mol. The van der Waals surface area contributed by atoms with E-state index >= 15 is 0 Å². The van der Waals surface area contributed by atoms with Gasteiger partial charge in [0.2, 0.25) is 0 Å². The standard InChI is InChI=1S/C17H29N3/c1-4-20(5-2)17-8-6-15(7-9-17)14-18-16-10-12-19(3)13-11-16/h6-9,16,18H,4-5,10-14H2,1-3H3. The first-order valence-electron chi connectivity index (χ1n) is 7.98. The number of hydrogen-bond donors (Lipinski definition) is 1. The van der Waals surface area contributed by atoms with E-state index in [9.17, 15) is 0 Å². The number of likely N-dealkylation sites (tertiary alicyclic amines) is 1. The van der Waals surface area contributed by atoms with E-state index in [1.54, 1.807) is 0 Å². The Labute approximate surface area is 124 Å². The van der Waals surface area contributed by atoms with Gasteiger partial charge in [-0.15, -0.1) is 0 Å². The molecule has 1 heterocycles. The predicted molar refractivity (Wildman–Crippen MR) is 87.4 cm³/mol. The number of rotatable bonds is 6. The molecule has 3 heteroatoms. The van der Waals surface area contributed by atoms with Crippen LogP contribution in [0.5, 0.6) is 0 Å². The number of anilines is 1. The van der Waals surface area contributed by atoms with Crippen molar-refractivity contribution in [2.24, 2.45) is 0 Å². The lowest BCUT2D eigenvalue weighted by Gasteiger charge is -2.29. The fraction of sp³-hybridized carbons (Fsp3) is 0.647. The van der Waals surface area contributed by atoms with Crippen LogP contribution >= 0.6 is 0 Å². The molecule has 0 bridgehead atoms. The minimum Gasteiger partial charge on any atom is -0.372 e. The van der Waals surface area contributed by atoms with Crippen LogP contribution in [0.1, 0.15) is 32.3 Å². The molecular formula is C17H29N3. The topological polar surface area (TPSA) is 18.5 Å². The second-order valence-electron chi connectivity index (χ2n) is 5.80. The van der Waals surface area contributed by atoms with E-state index in [-0.39, 0.29) is 0 Å². The molecule has 1 aliphatic heterocycles. The van der Waals surface area contributed by atoms with Gasteiger partial charge in [-0.3, -0.25) is 0 Å². The second kappa shape index (κ2) is 7.65. The highest BCUT2D eigenvalue weighted by Gasteiger charge is 2.15. The minimum atomic E-state index is 0.689. The van der Waals surface area contributed by atoms with Gasteiger partial charge >= 0.3 is 0 Å². The summed E-state index contributed by atoms with van der Waals surface area (Å²) in [6.07, 6.45) is 2.54. The van der Waals surface area contributed by atoms with E-state index in [1.165, 1.54) is 37.2 Å². The lowest BCUT2D eigenvalue weighted by atomic mass is 10.1. The van der Waals surface area contributed by atoms with Crippen molar-refractivity contribution in [1.82, 2.24) is 10.2 Å². The predicted octanol–water partition coefficient (Wildman–Crippen LogP) is 2.72. The first-order valence-corrected chi connectivity index (χ1v) is 7.98. The van der Waals surface area contributed by atoms with Gasteiger partial charge in [0.15, 0.2) is 0 Å². The summed E-state index contributed by atoms with van der Waals surface area (Å²) < 4.78 is 0. The highest BCUT2D eigenvalue weighted by Crippen LogP contribution is 2.15. The third kappa shape index (κ3) is 4.22. The van der Waals surface area contributed by atoms with Gasteiger partial charge in [0.1, 0.15) is 0 Å². The van der Waals surface area contributed by atoms with Gasteiger partial charge in [0, 0.05) is 31.4 Å². The Hall–Kier alpha value is -1.06. The van der Waals surface area contributed by atoms with Crippen molar-refractivity contribution in [3.05, 3.63) is 29.8 Å². The zero-order valence-corrected chi connectivity index (χ0v) is 13.2. The monoisotopic (exact) mass is 275 g/mol. The maximum atomic E-state index is 3.69. The van der Waals surface area contributed by atoms with Gasteiger partial charge in [-0.1, -0.05) is 12.1 Å². The lowest BCUT2D eigenvalue weighted by molar-refractivity contribution is 0.234. The van der Waals surface area contributed by atoms with Gasteiger partial charge in [-0.2, -0.15) is 0 Å². The molecule has 0 radical (unpaired) electrons. The molecular weight excluding hydrogens is 246 g/mol. The fourth-order valence-electron chi connectivity index (χ4n) is 2.89. The van der Waals surface area contributed by atoms with E-state index in [1.807, 2.05) is 0 Å². The quantitative estimate of drug-likeness (QED) is 0.861. The smallest absolute Gasteiger partial charge is 0.0366 e. The van der Waals surface area contributed by atoms with E-state index in [4.69, 9.17) is 0 Å². The highest BCUT2D eigenvalue weighted by atomic mass is 15.1. The molecule has 1 aliphatic rings. The van der Waals surface area contributed by atoms with Crippen LogP contribution in [0, 0.1) is 0 Å². The zero-order chi connectivity index (χ0) is 14.4. The van der Waals surface area contributed by atoms with Crippen LogP contribution in [0.2, 0.25) is 0 Å². The van der Waals surface area contributed by atoms with Crippen molar-refractivity contribution < 1.29 is 0 Å². The first kappa shape index (κ1) is 15.3. The van der Waals surface area contributed by atoms with Gasteiger partial charge in [-0.25, -0.2) is 0 Å². The molecule has 0 unspecified atom stereocenters. The van der Waals surface area contributed by atoms with Gasteiger partial charge in [0.25, 0.3) is 0 Å². The second-order valence-corrected chi connectivity index (χ2v) is 5.80. The molecule has 2 rings (SSSR count). The third-order valence-electron chi connectivity index (χ3n) is 4.38. The van der Waals surface area contributed by atoms with Crippen molar-refractivity contribution in [2.45, 2.75) is 39.3 Å². The van der Waals surface area contributed by atoms with Crippen molar-refractivity contribution in [3.63, 3.8) is 0 Å². The largest absolute Gasteiger partial charge is 0.372 e. The van der Waals surface area contributed by atoms with Crippen LogP contribution in [0.15, 0.2) is 24.3 Å². The zero-order valence-electron chi connectivity index (χ0n) is 13.2. The normalized spacial score (nSPS) is 17.4. The number of nitrogens with zero attached hydrogens (tertiary/aromatic N) is 2. The minimum absolute atomic E-state index is 0.689. The van der Waals surface area contributed by atoms with Crippen molar-refractivity contribution in [1.29, 1.82) is 0 Å². The number of benzene rings is 1. The van der Waals surface area contributed by atoms with Crippen molar-refractivity contribution in [2.75, 3.05) is 38.1 Å². The van der Waals surface area contributed by atoms with E-state index < -0.39 is 0 Å². The molecule has 1 saturated heterocycles. The third-order valence-corrected chi connectivity index (χ3v) is 4.38. The number of nitrogens with one attached hydrogen (secondary N) is 1. The van der Waals surface area contributed by atoms with E-state index in [0.717, 1.165) is 19.6 Å². The Morgan fingerprint density at radius 3 is 2.25 bits per heavy atom. The SMILES string of the molecule is CCN(CC)c1ccc(CNC2CCN(C)CC2)cc1. The maximum absolute atomic E-state index is 3.69. The van der Waals surface area contributed by atoms with E-state index in [2.05, 4.69) is 60.3 Å². The summed E-state index contributed by atoms with van der Waals surface area (Å²) >= 11 is 0. The summed E-state index contributed by atoms with van der Waals surface area (Å²) in [4.78, 5) is 4.80. The maximum Gasteiger partial charge on any atom is 0.0366 e. The molecule has 1 N–H and O–H groups in total. The fourth-order valence-corrected chi connectivity index (χ4v) is 2.89. The summed E-state index contributed by atoms with van der Waals surface area (Å²) in [5.74, 6) is 0. The first-order chi connectivity index (χ1) is 9.72. The molecule has 112 valence electrons. The lowest BCUT2D eigenvalue weighted by Crippen LogP contribution is -2.40. The molecule has 0 saturated carbocycles. The summed E-state index contributed by atoms with van der Waals surface area (Å²) in [7, 11) is 2.21. The Morgan fingerprint density at radius 2 is 1.70 bits per heavy atom. The van der Waals surface area contributed by atoms with Crippen LogP contribution in [0.25, 0.3) is 0 Å². The number of piperidine rings is 1. The molecule has 0 aromatic heterocycles. The van der Waals surface area contributed by atoms with Crippen LogP contribution in [-0.2, 0) is 6.54 Å². The molecule has 0 aliphatic carbocycles. The van der Waals surface area contributed by atoms with Gasteiger partial charge in [0.05, 0.1) is 0 Å². The molecule has 0 spiro atoms. The van der Waals surface area contributed by atoms with E-state index in [0.29, 0.717) is 6.04 Å². The Bertz CT molecular complexity index is 376. The molecule has 1 aromatic carbocycles. The van der Waals surface area contributed by atoms with Gasteiger partial charge < -0.3 is 15.1 Å². The summed E-state index contributed by atoms with van der Waals surface area (Å²) in [5, 5.41) is 3.69. The van der Waals surface area contributed by atoms with Gasteiger partial charge in [-0.05, 0) is 64.5 Å². The molecule has 3 nitrogen and oxygen atoms in total. The molecule has 1 aromatic rings. The molecule has 20 heavy (non-hydrogen) atoms. The van der Waals surface area contributed by atoms with Crippen LogP contribution < -0.4 is 10.2 Å². The van der Waals surface area contributed by atoms with Crippen LogP contribution in [-0.4, -0.2) is 44.2 Å². The summed E-state index contributed by atoms with van der Waals surface area (Å²) in [6, 6.07) is 9.70. The average Bonchev–Trinajstić information content (AvgIpc) is 2.49. The summed E-state index contributed by atoms with van der Waals surface area (Å²) in [5.41, 5.74) is 2.72. The molecule has 0 amide bonds. The summed E-state index contributed by atoms with van der Waals surface area (Å²) in [6.45, 7) is 10.00. The Kier molecular flexibility index (Phi) is 5.86. The molecule has 1 fully saturated rings. The van der Waals surface area contributed by atoms with Crippen LogP contribution in [0.3, 0.4) is 0 Å². The highest BCUT2D eigenvalue weighted by molar-refractivity contribution is 5.47. The van der Waals surface area contributed by atoms with Crippen molar-refractivity contribution in [3.8, 4) is 0 Å². The molecule has 0 atom stereocenters. The van der Waals surface area contributed by atoms with Crippen LogP contribution in [0.4, 0.5) is 5.69 Å². The van der Waals surface area contributed by atoms with Crippen molar-refractivity contribution >= 4 is 5.69 Å². The number of hydrogen-bond acceptors (Lipinski definition) is 3.